The van der Waals surface area contributed by atoms with Gasteiger partial charge in [0.15, 0.2) is 9.84 Å². The topological polar surface area (TPSA) is 69.4 Å². The molecule has 0 bridgehead atoms. The van der Waals surface area contributed by atoms with E-state index in [0.29, 0.717) is 11.4 Å². The third-order valence-corrected chi connectivity index (χ3v) is 5.24. The maximum Gasteiger partial charge on any atom is 0.181 e. The van der Waals surface area contributed by atoms with Gasteiger partial charge in [-0.1, -0.05) is 15.9 Å². The van der Waals surface area contributed by atoms with Gasteiger partial charge in [-0.05, 0) is 55.0 Å². The molecule has 6 heteroatoms. The molecule has 2 aromatic rings. The Balaban J connectivity index is 2.01. The number of nitrogen functional groups attached to an aromatic ring is 1. The fourth-order valence-corrected chi connectivity index (χ4v) is 3.19. The molecule has 0 amide bonds. The average molecular weight is 370 g/mol. The molecule has 2 aromatic carbocycles. The highest BCUT2D eigenvalue weighted by atomic mass is 79.9. The summed E-state index contributed by atoms with van der Waals surface area (Å²) in [5, 5.41) is 0. The Bertz CT molecular complexity index is 727. The van der Waals surface area contributed by atoms with Gasteiger partial charge in [-0.25, -0.2) is 8.42 Å². The van der Waals surface area contributed by atoms with Crippen molar-refractivity contribution in [3.8, 4) is 5.75 Å². The van der Waals surface area contributed by atoms with E-state index in [0.717, 1.165) is 10.0 Å². The SMILES string of the molecule is Cc1cc(S(=O)(=O)CCOc2ccc(Br)cc2)ccc1N. The number of ether oxygens (including phenoxy) is 1. The van der Waals surface area contributed by atoms with Crippen LogP contribution in [0, 0.1) is 6.92 Å². The lowest BCUT2D eigenvalue weighted by atomic mass is 10.2. The van der Waals surface area contributed by atoms with Crippen LogP contribution in [0.1, 0.15) is 5.56 Å². The zero-order chi connectivity index (χ0) is 15.5. The summed E-state index contributed by atoms with van der Waals surface area (Å²) in [4.78, 5) is 0.272. The molecule has 112 valence electrons. The predicted molar refractivity (Wildman–Crippen MR) is 87.3 cm³/mol. The molecule has 0 spiro atoms. The van der Waals surface area contributed by atoms with Crippen LogP contribution < -0.4 is 10.5 Å². The first-order valence-electron chi connectivity index (χ1n) is 6.36. The van der Waals surface area contributed by atoms with Gasteiger partial charge in [-0.3, -0.25) is 0 Å². The van der Waals surface area contributed by atoms with E-state index < -0.39 is 9.84 Å². The normalized spacial score (nSPS) is 11.3. The van der Waals surface area contributed by atoms with Gasteiger partial charge in [-0.15, -0.1) is 0 Å². The van der Waals surface area contributed by atoms with Gasteiger partial charge in [0.1, 0.15) is 12.4 Å². The molecular weight excluding hydrogens is 354 g/mol. The highest BCUT2D eigenvalue weighted by molar-refractivity contribution is 9.10. The van der Waals surface area contributed by atoms with Crippen molar-refractivity contribution in [2.75, 3.05) is 18.1 Å². The van der Waals surface area contributed by atoms with Crippen LogP contribution in [0.4, 0.5) is 5.69 Å². The highest BCUT2D eigenvalue weighted by Crippen LogP contribution is 2.19. The van der Waals surface area contributed by atoms with Gasteiger partial charge in [-0.2, -0.15) is 0 Å². The predicted octanol–water partition coefficient (Wildman–Crippen LogP) is 3.19. The smallest absolute Gasteiger partial charge is 0.181 e. The van der Waals surface area contributed by atoms with E-state index in [9.17, 15) is 8.42 Å². The van der Waals surface area contributed by atoms with Crippen LogP contribution in [0.2, 0.25) is 0 Å². The second-order valence-electron chi connectivity index (χ2n) is 4.64. The Labute approximate surface area is 133 Å². The van der Waals surface area contributed by atoms with Crippen molar-refractivity contribution in [2.24, 2.45) is 0 Å². The van der Waals surface area contributed by atoms with Gasteiger partial charge in [0, 0.05) is 10.2 Å². The molecule has 0 atom stereocenters. The van der Waals surface area contributed by atoms with E-state index in [4.69, 9.17) is 10.5 Å². The quantitative estimate of drug-likeness (QED) is 0.821. The van der Waals surface area contributed by atoms with Crippen molar-refractivity contribution in [3.05, 3.63) is 52.5 Å². The Morgan fingerprint density at radius 2 is 1.81 bits per heavy atom. The zero-order valence-corrected chi connectivity index (χ0v) is 13.9. The number of hydrogen-bond donors (Lipinski definition) is 1. The summed E-state index contributed by atoms with van der Waals surface area (Å²) < 4.78 is 30.8. The molecule has 0 heterocycles. The van der Waals surface area contributed by atoms with E-state index in [1.165, 1.54) is 6.07 Å². The highest BCUT2D eigenvalue weighted by Gasteiger charge is 2.15. The van der Waals surface area contributed by atoms with Crippen LogP contribution in [0.5, 0.6) is 5.75 Å². The van der Waals surface area contributed by atoms with Gasteiger partial charge in [0.25, 0.3) is 0 Å². The number of halogens is 1. The van der Waals surface area contributed by atoms with Gasteiger partial charge in [0.05, 0.1) is 10.6 Å². The summed E-state index contributed by atoms with van der Waals surface area (Å²) in [6.45, 7) is 1.89. The van der Waals surface area contributed by atoms with Gasteiger partial charge in [0.2, 0.25) is 0 Å². The zero-order valence-electron chi connectivity index (χ0n) is 11.5. The number of benzene rings is 2. The first kappa shape index (κ1) is 15.9. The van der Waals surface area contributed by atoms with Crippen LogP contribution in [0.3, 0.4) is 0 Å². The number of aryl methyl sites for hydroxylation is 1. The van der Waals surface area contributed by atoms with Crippen LogP contribution >= 0.6 is 15.9 Å². The minimum atomic E-state index is -3.37. The molecule has 0 saturated carbocycles. The summed E-state index contributed by atoms with van der Waals surface area (Å²) in [7, 11) is -3.37. The van der Waals surface area contributed by atoms with E-state index in [1.54, 1.807) is 31.2 Å². The second-order valence-corrected chi connectivity index (χ2v) is 7.66. The molecule has 0 saturated heterocycles. The van der Waals surface area contributed by atoms with Crippen molar-refractivity contribution in [3.63, 3.8) is 0 Å². The lowest BCUT2D eigenvalue weighted by Gasteiger charge is -2.09. The molecular formula is C15H16BrNO3S. The molecule has 4 nitrogen and oxygen atoms in total. The first-order valence-corrected chi connectivity index (χ1v) is 8.80. The number of nitrogens with two attached hydrogens (primary N) is 1. The van der Waals surface area contributed by atoms with Gasteiger partial charge >= 0.3 is 0 Å². The van der Waals surface area contributed by atoms with Crippen molar-refractivity contribution in [2.45, 2.75) is 11.8 Å². The average Bonchev–Trinajstić information content (AvgIpc) is 2.44. The van der Waals surface area contributed by atoms with E-state index in [1.807, 2.05) is 12.1 Å². The molecule has 0 aromatic heterocycles. The molecule has 2 rings (SSSR count). The van der Waals surface area contributed by atoms with E-state index in [2.05, 4.69) is 15.9 Å². The standard InChI is InChI=1S/C15H16BrNO3S/c1-11-10-14(6-7-15(11)17)21(18,19)9-8-20-13-4-2-12(16)3-5-13/h2-7,10H,8-9,17H2,1H3. The molecule has 0 aliphatic heterocycles. The Morgan fingerprint density at radius 3 is 2.43 bits per heavy atom. The summed E-state index contributed by atoms with van der Waals surface area (Å²) in [6.07, 6.45) is 0. The van der Waals surface area contributed by atoms with Crippen molar-refractivity contribution in [1.82, 2.24) is 0 Å². The second kappa shape index (κ2) is 6.49. The molecule has 0 aliphatic carbocycles. The third-order valence-electron chi connectivity index (χ3n) is 3.03. The Kier molecular flexibility index (Phi) is 4.90. The maximum absolute atomic E-state index is 12.2. The largest absolute Gasteiger partial charge is 0.493 e. The first-order chi connectivity index (χ1) is 9.88. The molecule has 0 radical (unpaired) electrons. The van der Waals surface area contributed by atoms with Crippen molar-refractivity contribution in [1.29, 1.82) is 0 Å². The molecule has 0 fully saturated rings. The fraction of sp³-hybridized carbons (Fsp3) is 0.200. The van der Waals surface area contributed by atoms with Crippen LogP contribution in [-0.4, -0.2) is 20.8 Å². The molecule has 0 aliphatic rings. The number of rotatable bonds is 5. The van der Waals surface area contributed by atoms with Crippen LogP contribution in [0.15, 0.2) is 51.8 Å². The van der Waals surface area contributed by atoms with Crippen molar-refractivity contribution >= 4 is 31.5 Å². The molecule has 2 N–H and O–H groups in total. The van der Waals surface area contributed by atoms with Crippen LogP contribution in [0.25, 0.3) is 0 Å². The summed E-state index contributed by atoms with van der Waals surface area (Å²) in [5.74, 6) is 0.564. The van der Waals surface area contributed by atoms with E-state index >= 15 is 0 Å². The minimum Gasteiger partial charge on any atom is -0.493 e. The summed E-state index contributed by atoms with van der Waals surface area (Å²) >= 11 is 3.33. The number of sulfone groups is 1. The maximum atomic E-state index is 12.2. The lowest BCUT2D eigenvalue weighted by molar-refractivity contribution is 0.341. The third kappa shape index (κ3) is 4.22. The molecule has 0 unspecified atom stereocenters. The Hall–Kier alpha value is -1.53. The van der Waals surface area contributed by atoms with Crippen molar-refractivity contribution < 1.29 is 13.2 Å². The van der Waals surface area contributed by atoms with Crippen LogP contribution in [-0.2, 0) is 9.84 Å². The monoisotopic (exact) mass is 369 g/mol. The summed E-state index contributed by atoms with van der Waals surface area (Å²) in [5.41, 5.74) is 7.03. The number of hydrogen-bond acceptors (Lipinski definition) is 4. The molecule has 21 heavy (non-hydrogen) atoms. The number of anilines is 1. The summed E-state index contributed by atoms with van der Waals surface area (Å²) in [6, 6.07) is 12.0. The van der Waals surface area contributed by atoms with Gasteiger partial charge < -0.3 is 10.5 Å². The fourth-order valence-electron chi connectivity index (χ4n) is 1.76. The minimum absolute atomic E-state index is 0.0770. The van der Waals surface area contributed by atoms with E-state index in [-0.39, 0.29) is 17.3 Å². The Morgan fingerprint density at radius 1 is 1.14 bits per heavy atom. The lowest BCUT2D eigenvalue weighted by Crippen LogP contribution is -2.14.